The van der Waals surface area contributed by atoms with Crippen molar-refractivity contribution in [1.82, 2.24) is 9.73 Å². The molecule has 2 fully saturated rings. The Kier molecular flexibility index (Phi) is 3.69. The Balaban J connectivity index is 1.66. The zero-order chi connectivity index (χ0) is 18.8. The summed E-state index contributed by atoms with van der Waals surface area (Å²) in [5, 5.41) is 15.6. The molecule has 1 aromatic carbocycles. The van der Waals surface area contributed by atoms with Gasteiger partial charge >= 0.3 is 0 Å². The van der Waals surface area contributed by atoms with E-state index in [0.717, 1.165) is 4.31 Å². The third-order valence-corrected chi connectivity index (χ3v) is 5.96. The summed E-state index contributed by atoms with van der Waals surface area (Å²) < 4.78 is 56.7. The molecule has 3 aliphatic rings. The predicted molar refractivity (Wildman–Crippen MR) is 87.5 cm³/mol. The summed E-state index contributed by atoms with van der Waals surface area (Å²) in [6.45, 7) is -0.371. The van der Waals surface area contributed by atoms with Gasteiger partial charge in [-0.2, -0.15) is 5.10 Å². The van der Waals surface area contributed by atoms with Crippen molar-refractivity contribution in [1.29, 1.82) is 0 Å². The first-order valence-corrected chi connectivity index (χ1v) is 8.98. The minimum atomic E-state index is -2.72. The SMILES string of the molecule is CN1N=C(c2ccc(O)c(N3CC(=O)NS3=O)c2F)CC1C1CC1(F)F. The Morgan fingerprint density at radius 2 is 2.12 bits per heavy atom. The standard InChI is InChI=1S/C15H15F3N4O3S/c1-21-10(8-5-15(8,17)18)4-9(19-21)7-2-3-11(23)14(13(7)16)22-6-12(24)20-26(22)25/h2-3,8,10,23H,4-6H2,1H3,(H,20,24). The van der Waals surface area contributed by atoms with Crippen LogP contribution in [0, 0.1) is 11.7 Å². The average molecular weight is 388 g/mol. The Morgan fingerprint density at radius 3 is 2.69 bits per heavy atom. The third-order valence-electron chi connectivity index (χ3n) is 4.84. The van der Waals surface area contributed by atoms with Gasteiger partial charge < -0.3 is 5.11 Å². The van der Waals surface area contributed by atoms with Gasteiger partial charge in [0.15, 0.2) is 5.82 Å². The van der Waals surface area contributed by atoms with Crippen molar-refractivity contribution in [3.8, 4) is 5.75 Å². The molecule has 2 N–H and O–H groups in total. The van der Waals surface area contributed by atoms with Gasteiger partial charge in [-0.1, -0.05) is 0 Å². The fourth-order valence-electron chi connectivity index (χ4n) is 3.40. The molecule has 11 heteroatoms. The van der Waals surface area contributed by atoms with Crippen LogP contribution in [0.3, 0.4) is 0 Å². The number of phenols is 1. The van der Waals surface area contributed by atoms with E-state index in [9.17, 15) is 22.9 Å². The van der Waals surface area contributed by atoms with Crippen molar-refractivity contribution in [3.63, 3.8) is 0 Å². The first kappa shape index (κ1) is 17.1. The second kappa shape index (κ2) is 5.60. The molecule has 1 saturated heterocycles. The number of hydrogen-bond donors (Lipinski definition) is 2. The van der Waals surface area contributed by atoms with Crippen LogP contribution in [0.4, 0.5) is 18.9 Å². The fraction of sp³-hybridized carbons (Fsp3) is 0.467. The summed E-state index contributed by atoms with van der Waals surface area (Å²) in [7, 11) is 1.56. The van der Waals surface area contributed by atoms with Crippen molar-refractivity contribution in [3.05, 3.63) is 23.5 Å². The molecule has 0 spiro atoms. The smallest absolute Gasteiger partial charge is 0.253 e. The van der Waals surface area contributed by atoms with Crippen LogP contribution in [0.25, 0.3) is 0 Å². The molecule has 1 aliphatic carbocycles. The normalized spacial score (nSPS) is 29.8. The molecule has 0 radical (unpaired) electrons. The average Bonchev–Trinajstić information content (AvgIpc) is 2.85. The number of benzene rings is 1. The van der Waals surface area contributed by atoms with E-state index < -0.39 is 46.5 Å². The van der Waals surface area contributed by atoms with Crippen LogP contribution >= 0.6 is 0 Å². The first-order valence-electron chi connectivity index (χ1n) is 7.88. The number of carbonyl (C=O) groups is 1. The van der Waals surface area contributed by atoms with Gasteiger partial charge in [0.2, 0.25) is 11.2 Å². The molecule has 4 rings (SSSR count). The summed E-state index contributed by atoms with van der Waals surface area (Å²) in [4.78, 5) is 11.4. The van der Waals surface area contributed by atoms with Crippen LogP contribution in [0.1, 0.15) is 18.4 Å². The summed E-state index contributed by atoms with van der Waals surface area (Å²) in [6.07, 6.45) is -0.0766. The maximum absolute atomic E-state index is 15.0. The number of hydrogen-bond acceptors (Lipinski definition) is 5. The van der Waals surface area contributed by atoms with Crippen LogP contribution in [0.5, 0.6) is 5.75 Å². The molecular weight excluding hydrogens is 373 g/mol. The molecule has 0 bridgehead atoms. The minimum Gasteiger partial charge on any atom is -0.506 e. The number of halogens is 3. The van der Waals surface area contributed by atoms with Crippen molar-refractivity contribution in [2.75, 3.05) is 17.9 Å². The van der Waals surface area contributed by atoms with Gasteiger partial charge in [0.1, 0.15) is 18.0 Å². The molecule has 26 heavy (non-hydrogen) atoms. The second-order valence-corrected chi connectivity index (χ2v) is 7.71. The Hall–Kier alpha value is -2.30. The quantitative estimate of drug-likeness (QED) is 0.813. The number of amides is 1. The summed E-state index contributed by atoms with van der Waals surface area (Å²) in [5.41, 5.74) is -0.0968. The van der Waals surface area contributed by atoms with Gasteiger partial charge in [-0.15, -0.1) is 0 Å². The zero-order valence-electron chi connectivity index (χ0n) is 13.6. The van der Waals surface area contributed by atoms with Crippen LogP contribution < -0.4 is 9.03 Å². The molecule has 2 heterocycles. The van der Waals surface area contributed by atoms with Crippen LogP contribution in [-0.4, -0.2) is 51.5 Å². The van der Waals surface area contributed by atoms with Crippen molar-refractivity contribution in [2.45, 2.75) is 24.8 Å². The van der Waals surface area contributed by atoms with E-state index in [-0.39, 0.29) is 36.3 Å². The Bertz CT molecular complexity index is 863. The van der Waals surface area contributed by atoms with E-state index >= 15 is 4.39 Å². The number of anilines is 1. The van der Waals surface area contributed by atoms with Gasteiger partial charge in [0, 0.05) is 25.5 Å². The minimum absolute atomic E-state index is 0.0208. The number of phenolic OH excluding ortho intramolecular Hbond substituents is 1. The molecule has 3 atom stereocenters. The first-order chi connectivity index (χ1) is 12.2. The zero-order valence-corrected chi connectivity index (χ0v) is 14.4. The summed E-state index contributed by atoms with van der Waals surface area (Å²) in [6, 6.07) is 1.97. The number of nitrogens with zero attached hydrogens (tertiary/aromatic N) is 3. The van der Waals surface area contributed by atoms with Crippen LogP contribution in [0.2, 0.25) is 0 Å². The fourth-order valence-corrected chi connectivity index (χ4v) is 4.35. The molecule has 1 amide bonds. The van der Waals surface area contributed by atoms with Crippen molar-refractivity contribution < 1.29 is 27.3 Å². The second-order valence-electron chi connectivity index (χ2n) is 6.57. The molecule has 1 aromatic rings. The number of alkyl halides is 2. The lowest BCUT2D eigenvalue weighted by molar-refractivity contribution is -0.117. The maximum atomic E-state index is 15.0. The number of nitrogens with one attached hydrogen (secondary N) is 1. The van der Waals surface area contributed by atoms with E-state index in [2.05, 4.69) is 9.82 Å². The van der Waals surface area contributed by atoms with Crippen LogP contribution in [-0.2, 0) is 16.0 Å². The van der Waals surface area contributed by atoms with Gasteiger partial charge in [-0.05, 0) is 12.1 Å². The maximum Gasteiger partial charge on any atom is 0.253 e. The number of aromatic hydroxyl groups is 1. The highest BCUT2D eigenvalue weighted by molar-refractivity contribution is 7.85. The molecule has 2 aliphatic heterocycles. The number of hydrazone groups is 1. The number of rotatable bonds is 3. The summed E-state index contributed by atoms with van der Waals surface area (Å²) >= 11 is -2.01. The highest BCUT2D eigenvalue weighted by Crippen LogP contribution is 2.53. The van der Waals surface area contributed by atoms with Gasteiger partial charge in [-0.25, -0.2) is 17.4 Å². The highest BCUT2D eigenvalue weighted by Gasteiger charge is 2.62. The molecular formula is C15H15F3N4O3S. The van der Waals surface area contributed by atoms with Crippen molar-refractivity contribution in [2.24, 2.45) is 11.0 Å². The van der Waals surface area contributed by atoms with Crippen LogP contribution in [0.15, 0.2) is 17.2 Å². The van der Waals surface area contributed by atoms with E-state index in [1.165, 1.54) is 17.1 Å². The highest BCUT2D eigenvalue weighted by atomic mass is 32.2. The van der Waals surface area contributed by atoms with Gasteiger partial charge in [0.05, 0.1) is 17.7 Å². The lowest BCUT2D eigenvalue weighted by Crippen LogP contribution is -2.27. The lowest BCUT2D eigenvalue weighted by atomic mass is 10.00. The lowest BCUT2D eigenvalue weighted by Gasteiger charge is -2.18. The van der Waals surface area contributed by atoms with Crippen molar-refractivity contribution >= 4 is 28.5 Å². The van der Waals surface area contributed by atoms with E-state index in [1.54, 1.807) is 7.05 Å². The monoisotopic (exact) mass is 388 g/mol. The predicted octanol–water partition coefficient (Wildman–Crippen LogP) is 1.11. The van der Waals surface area contributed by atoms with E-state index in [4.69, 9.17) is 0 Å². The Labute approximate surface area is 149 Å². The Morgan fingerprint density at radius 1 is 1.42 bits per heavy atom. The topological polar surface area (TPSA) is 85.2 Å². The number of carbonyl (C=O) groups excluding carboxylic acids is 1. The molecule has 140 valence electrons. The van der Waals surface area contributed by atoms with Gasteiger partial charge in [-0.3, -0.25) is 18.8 Å². The molecule has 7 nitrogen and oxygen atoms in total. The summed E-state index contributed by atoms with van der Waals surface area (Å²) in [5.74, 6) is -5.48. The largest absolute Gasteiger partial charge is 0.506 e. The third kappa shape index (κ3) is 2.61. The van der Waals surface area contributed by atoms with E-state index in [0.29, 0.717) is 0 Å². The molecule has 3 unspecified atom stereocenters. The van der Waals surface area contributed by atoms with E-state index in [1.807, 2.05) is 0 Å². The molecule has 1 saturated carbocycles. The van der Waals surface area contributed by atoms with Gasteiger partial charge in [0.25, 0.3) is 11.8 Å². The molecule has 0 aromatic heterocycles.